The minimum atomic E-state index is -0.202. The van der Waals surface area contributed by atoms with E-state index in [1.165, 1.54) is 0 Å². The van der Waals surface area contributed by atoms with E-state index in [1.54, 1.807) is 51.8 Å². The summed E-state index contributed by atoms with van der Waals surface area (Å²) in [4.78, 5) is 19.3. The molecule has 1 N–H and O–H groups in total. The molecule has 0 radical (unpaired) electrons. The molecule has 0 saturated carbocycles. The van der Waals surface area contributed by atoms with Crippen LogP contribution in [0.1, 0.15) is 15.9 Å². The summed E-state index contributed by atoms with van der Waals surface area (Å²) in [6, 6.07) is 7.07. The number of anilines is 1. The molecule has 1 aromatic heterocycles. The van der Waals surface area contributed by atoms with Crippen LogP contribution in [-0.2, 0) is 11.3 Å². The van der Waals surface area contributed by atoms with Crippen molar-refractivity contribution in [2.75, 3.05) is 52.5 Å². The van der Waals surface area contributed by atoms with E-state index in [1.807, 2.05) is 0 Å². The molecule has 1 amide bonds. The first-order valence-electron chi connectivity index (χ1n) is 9.02. The van der Waals surface area contributed by atoms with E-state index in [-0.39, 0.29) is 12.5 Å². The lowest BCUT2D eigenvalue weighted by Gasteiger charge is -2.29. The Bertz CT molecular complexity index is 821. The van der Waals surface area contributed by atoms with Crippen LogP contribution in [0.25, 0.3) is 0 Å². The van der Waals surface area contributed by atoms with Gasteiger partial charge in [-0.1, -0.05) is 0 Å². The van der Waals surface area contributed by atoms with E-state index in [2.05, 4.69) is 15.2 Å². The molecule has 8 heteroatoms. The third-order valence-electron chi connectivity index (χ3n) is 4.57. The van der Waals surface area contributed by atoms with Crippen molar-refractivity contribution in [3.05, 3.63) is 41.6 Å². The second kappa shape index (κ2) is 9.27. The summed E-state index contributed by atoms with van der Waals surface area (Å²) in [6.45, 7) is 2.95. The SMILES string of the molecule is COc1cc(OC)c(OC)cc1CNC(=O)c1cccnc1N1CCOCC1. The highest BCUT2D eigenvalue weighted by Gasteiger charge is 2.20. The molecule has 0 unspecified atom stereocenters. The fraction of sp³-hybridized carbons (Fsp3) is 0.400. The van der Waals surface area contributed by atoms with Gasteiger partial charge in [0, 0.05) is 37.5 Å². The van der Waals surface area contributed by atoms with E-state index in [4.69, 9.17) is 18.9 Å². The molecule has 2 heterocycles. The number of nitrogens with zero attached hydrogens (tertiary/aromatic N) is 2. The van der Waals surface area contributed by atoms with Crippen LogP contribution < -0.4 is 24.4 Å². The first-order chi connectivity index (χ1) is 13.7. The van der Waals surface area contributed by atoms with Gasteiger partial charge in [-0.3, -0.25) is 4.79 Å². The molecule has 0 spiro atoms. The first-order valence-corrected chi connectivity index (χ1v) is 9.02. The fourth-order valence-electron chi connectivity index (χ4n) is 3.10. The van der Waals surface area contributed by atoms with E-state index in [0.717, 1.165) is 5.56 Å². The molecule has 1 saturated heterocycles. The van der Waals surface area contributed by atoms with Gasteiger partial charge in [-0.2, -0.15) is 0 Å². The summed E-state index contributed by atoms with van der Waals surface area (Å²) < 4.78 is 21.4. The molecule has 0 aliphatic carbocycles. The molecular formula is C20H25N3O5. The Balaban J connectivity index is 1.78. The fourth-order valence-corrected chi connectivity index (χ4v) is 3.10. The van der Waals surface area contributed by atoms with Gasteiger partial charge >= 0.3 is 0 Å². The summed E-state index contributed by atoms with van der Waals surface area (Å²) in [7, 11) is 4.70. The molecule has 1 aromatic carbocycles. The molecule has 8 nitrogen and oxygen atoms in total. The van der Waals surface area contributed by atoms with E-state index in [0.29, 0.717) is 54.9 Å². The molecule has 0 bridgehead atoms. The first kappa shape index (κ1) is 19.8. The molecule has 0 atom stereocenters. The van der Waals surface area contributed by atoms with Gasteiger partial charge in [0.1, 0.15) is 11.6 Å². The number of pyridine rings is 1. The number of carbonyl (C=O) groups is 1. The number of aromatic nitrogens is 1. The van der Waals surface area contributed by atoms with Crippen molar-refractivity contribution < 1.29 is 23.7 Å². The highest BCUT2D eigenvalue weighted by molar-refractivity contribution is 5.98. The second-order valence-corrected chi connectivity index (χ2v) is 6.18. The van der Waals surface area contributed by atoms with Crippen LogP contribution in [0.4, 0.5) is 5.82 Å². The number of rotatable bonds is 7. The molecular weight excluding hydrogens is 362 g/mol. The monoisotopic (exact) mass is 387 g/mol. The molecule has 3 rings (SSSR count). The summed E-state index contributed by atoms with van der Waals surface area (Å²) in [6.07, 6.45) is 1.69. The maximum Gasteiger partial charge on any atom is 0.255 e. The van der Waals surface area contributed by atoms with Gasteiger partial charge in [0.15, 0.2) is 11.5 Å². The second-order valence-electron chi connectivity index (χ2n) is 6.18. The Hall–Kier alpha value is -3.00. The van der Waals surface area contributed by atoms with Gasteiger partial charge in [0.05, 0.1) is 40.1 Å². The Labute approximate surface area is 164 Å². The van der Waals surface area contributed by atoms with Gasteiger partial charge in [0.25, 0.3) is 5.91 Å². The Morgan fingerprint density at radius 2 is 1.79 bits per heavy atom. The third kappa shape index (κ3) is 4.28. The van der Waals surface area contributed by atoms with Gasteiger partial charge in [-0.25, -0.2) is 4.98 Å². The van der Waals surface area contributed by atoms with Gasteiger partial charge in [-0.15, -0.1) is 0 Å². The number of benzene rings is 1. The largest absolute Gasteiger partial charge is 0.496 e. The van der Waals surface area contributed by atoms with Crippen molar-refractivity contribution in [2.24, 2.45) is 0 Å². The molecule has 1 aliphatic rings. The highest BCUT2D eigenvalue weighted by Crippen LogP contribution is 2.34. The van der Waals surface area contributed by atoms with Crippen LogP contribution in [0.2, 0.25) is 0 Å². The lowest BCUT2D eigenvalue weighted by atomic mass is 10.1. The van der Waals surface area contributed by atoms with Crippen molar-refractivity contribution in [1.82, 2.24) is 10.3 Å². The highest BCUT2D eigenvalue weighted by atomic mass is 16.5. The summed E-state index contributed by atoms with van der Waals surface area (Å²) in [5.41, 5.74) is 1.31. The summed E-state index contributed by atoms with van der Waals surface area (Å²) >= 11 is 0. The summed E-state index contributed by atoms with van der Waals surface area (Å²) in [5, 5.41) is 2.95. The third-order valence-corrected chi connectivity index (χ3v) is 4.57. The van der Waals surface area contributed by atoms with Crippen molar-refractivity contribution >= 4 is 11.7 Å². The average Bonchev–Trinajstić information content (AvgIpc) is 2.77. The molecule has 150 valence electrons. The predicted octanol–water partition coefficient (Wildman–Crippen LogP) is 1.87. The van der Waals surface area contributed by atoms with Crippen molar-refractivity contribution in [3.63, 3.8) is 0 Å². The maximum absolute atomic E-state index is 12.9. The molecule has 1 fully saturated rings. The normalized spacial score (nSPS) is 13.8. The molecule has 1 aliphatic heterocycles. The lowest BCUT2D eigenvalue weighted by molar-refractivity contribution is 0.0948. The zero-order chi connectivity index (χ0) is 19.9. The van der Waals surface area contributed by atoms with E-state index >= 15 is 0 Å². The average molecular weight is 387 g/mol. The number of hydrogen-bond donors (Lipinski definition) is 1. The van der Waals surface area contributed by atoms with Crippen molar-refractivity contribution in [3.8, 4) is 17.2 Å². The number of amides is 1. The summed E-state index contributed by atoms with van der Waals surface area (Å²) in [5.74, 6) is 2.21. The standard InChI is InChI=1S/C20H25N3O5/c1-25-16-12-18(27-3)17(26-2)11-14(16)13-22-20(24)15-5-4-6-21-19(15)23-7-9-28-10-8-23/h4-6,11-12H,7-10,13H2,1-3H3,(H,22,24). The van der Waals surface area contributed by atoms with Crippen LogP contribution in [0.3, 0.4) is 0 Å². The number of carbonyl (C=O) groups excluding carboxylic acids is 1. The zero-order valence-electron chi connectivity index (χ0n) is 16.4. The van der Waals surface area contributed by atoms with E-state index in [9.17, 15) is 4.79 Å². The maximum atomic E-state index is 12.9. The van der Waals surface area contributed by atoms with Gasteiger partial charge in [0.2, 0.25) is 0 Å². The molecule has 2 aromatic rings. The van der Waals surface area contributed by atoms with E-state index < -0.39 is 0 Å². The van der Waals surface area contributed by atoms with Crippen LogP contribution in [0.5, 0.6) is 17.2 Å². The van der Waals surface area contributed by atoms with Gasteiger partial charge < -0.3 is 29.2 Å². The Morgan fingerprint density at radius 1 is 1.11 bits per heavy atom. The smallest absolute Gasteiger partial charge is 0.255 e. The minimum Gasteiger partial charge on any atom is -0.496 e. The van der Waals surface area contributed by atoms with Crippen LogP contribution in [-0.4, -0.2) is 58.5 Å². The minimum absolute atomic E-state index is 0.202. The quantitative estimate of drug-likeness (QED) is 0.777. The van der Waals surface area contributed by atoms with Gasteiger partial charge in [-0.05, 0) is 18.2 Å². The predicted molar refractivity (Wildman–Crippen MR) is 105 cm³/mol. The zero-order valence-corrected chi connectivity index (χ0v) is 16.4. The van der Waals surface area contributed by atoms with Crippen molar-refractivity contribution in [2.45, 2.75) is 6.54 Å². The van der Waals surface area contributed by atoms with Crippen LogP contribution in [0.15, 0.2) is 30.5 Å². The van der Waals surface area contributed by atoms with Crippen LogP contribution in [0, 0.1) is 0 Å². The number of morpholine rings is 1. The number of methoxy groups -OCH3 is 3. The lowest BCUT2D eigenvalue weighted by Crippen LogP contribution is -2.38. The van der Waals surface area contributed by atoms with Crippen molar-refractivity contribution in [1.29, 1.82) is 0 Å². The topological polar surface area (TPSA) is 82.2 Å². The number of ether oxygens (including phenoxy) is 4. The Kier molecular flexibility index (Phi) is 6.54. The number of nitrogens with one attached hydrogen (secondary N) is 1. The Morgan fingerprint density at radius 3 is 2.46 bits per heavy atom. The molecule has 28 heavy (non-hydrogen) atoms. The van der Waals surface area contributed by atoms with Crippen LogP contribution >= 0.6 is 0 Å². The number of hydrogen-bond acceptors (Lipinski definition) is 7.